The van der Waals surface area contributed by atoms with Crippen molar-refractivity contribution >= 4 is 11.3 Å². The Morgan fingerprint density at radius 1 is 1.40 bits per heavy atom. The molecule has 3 nitrogen and oxygen atoms in total. The van der Waals surface area contributed by atoms with Crippen LogP contribution in [0.15, 0.2) is 6.07 Å². The lowest BCUT2D eigenvalue weighted by Gasteiger charge is -2.36. The van der Waals surface area contributed by atoms with Crippen LogP contribution in [0.25, 0.3) is 0 Å². The first-order valence-corrected chi connectivity index (χ1v) is 8.60. The molecule has 0 radical (unpaired) electrons. The summed E-state index contributed by atoms with van der Waals surface area (Å²) in [6.45, 7) is 10.7. The second-order valence-electron chi connectivity index (χ2n) is 6.37. The molecule has 2 atom stereocenters. The molecule has 0 amide bonds. The van der Waals surface area contributed by atoms with E-state index < -0.39 is 0 Å². The van der Waals surface area contributed by atoms with Crippen LogP contribution < -0.4 is 5.32 Å². The summed E-state index contributed by atoms with van der Waals surface area (Å²) in [7, 11) is 0. The third-order valence-corrected chi connectivity index (χ3v) is 5.42. The molecule has 2 fully saturated rings. The molecule has 20 heavy (non-hydrogen) atoms. The summed E-state index contributed by atoms with van der Waals surface area (Å²) in [5.74, 6) is 0. The second-order valence-corrected chi connectivity index (χ2v) is 7.71. The highest BCUT2D eigenvalue weighted by Crippen LogP contribution is 2.26. The Hall–Kier alpha value is -0.420. The third-order valence-electron chi connectivity index (χ3n) is 4.32. The summed E-state index contributed by atoms with van der Waals surface area (Å²) in [4.78, 5) is 5.52. The highest BCUT2D eigenvalue weighted by molar-refractivity contribution is 7.12. The van der Waals surface area contributed by atoms with Crippen molar-refractivity contribution in [3.8, 4) is 0 Å². The van der Waals surface area contributed by atoms with E-state index in [-0.39, 0.29) is 0 Å². The number of rotatable bonds is 5. The normalized spacial score (nSPS) is 27.9. The van der Waals surface area contributed by atoms with E-state index in [0.717, 1.165) is 32.3 Å². The number of nitrogens with zero attached hydrogens (tertiary/aromatic N) is 1. The zero-order valence-corrected chi connectivity index (χ0v) is 13.6. The van der Waals surface area contributed by atoms with Gasteiger partial charge < -0.3 is 10.1 Å². The molecular formula is C16H26N2OS. The minimum Gasteiger partial charge on any atom is -0.376 e. The van der Waals surface area contributed by atoms with Gasteiger partial charge in [-0.1, -0.05) is 0 Å². The van der Waals surface area contributed by atoms with Crippen LogP contribution in [0.5, 0.6) is 0 Å². The molecule has 1 aliphatic heterocycles. The molecule has 0 aromatic carbocycles. The van der Waals surface area contributed by atoms with Gasteiger partial charge in [-0.3, -0.25) is 4.90 Å². The molecule has 1 saturated carbocycles. The van der Waals surface area contributed by atoms with Crippen LogP contribution in [-0.4, -0.2) is 36.2 Å². The summed E-state index contributed by atoms with van der Waals surface area (Å²) in [5, 5.41) is 3.61. The van der Waals surface area contributed by atoms with Gasteiger partial charge in [0, 0.05) is 41.5 Å². The molecular weight excluding hydrogens is 268 g/mol. The molecule has 0 spiro atoms. The summed E-state index contributed by atoms with van der Waals surface area (Å²) < 4.78 is 5.72. The first-order valence-electron chi connectivity index (χ1n) is 7.79. The predicted molar refractivity (Wildman–Crippen MR) is 84.2 cm³/mol. The van der Waals surface area contributed by atoms with Gasteiger partial charge >= 0.3 is 0 Å². The van der Waals surface area contributed by atoms with E-state index in [9.17, 15) is 0 Å². The molecule has 2 aliphatic rings. The Labute approximate surface area is 126 Å². The maximum Gasteiger partial charge on any atom is 0.0674 e. The van der Waals surface area contributed by atoms with E-state index in [1.807, 2.05) is 11.3 Å². The van der Waals surface area contributed by atoms with Gasteiger partial charge in [-0.25, -0.2) is 0 Å². The first-order chi connectivity index (χ1) is 9.61. The standard InChI is InChI=1S/C16H26N2OS/c1-11-10-19-12(2)8-18(11)9-14-6-16(20-13(14)3)7-17-15-4-5-15/h6,11-12,15,17H,4-5,7-10H2,1-3H3. The van der Waals surface area contributed by atoms with E-state index >= 15 is 0 Å². The Kier molecular flexibility index (Phi) is 4.46. The van der Waals surface area contributed by atoms with E-state index in [0.29, 0.717) is 12.1 Å². The third kappa shape index (κ3) is 3.61. The van der Waals surface area contributed by atoms with E-state index in [1.165, 1.54) is 28.2 Å². The van der Waals surface area contributed by atoms with Crippen LogP contribution in [-0.2, 0) is 17.8 Å². The van der Waals surface area contributed by atoms with Gasteiger partial charge in [0.15, 0.2) is 0 Å². The van der Waals surface area contributed by atoms with E-state index in [2.05, 4.69) is 37.1 Å². The van der Waals surface area contributed by atoms with E-state index in [4.69, 9.17) is 4.74 Å². The van der Waals surface area contributed by atoms with Gasteiger partial charge in [-0.2, -0.15) is 0 Å². The fourth-order valence-corrected chi connectivity index (χ4v) is 3.78. The number of aryl methyl sites for hydroxylation is 1. The van der Waals surface area contributed by atoms with Gasteiger partial charge in [0.25, 0.3) is 0 Å². The molecule has 112 valence electrons. The van der Waals surface area contributed by atoms with Crippen molar-refractivity contribution in [2.45, 2.75) is 64.9 Å². The zero-order chi connectivity index (χ0) is 14.1. The van der Waals surface area contributed by atoms with E-state index in [1.54, 1.807) is 0 Å². The van der Waals surface area contributed by atoms with Gasteiger partial charge in [-0.05, 0) is 45.2 Å². The lowest BCUT2D eigenvalue weighted by molar-refractivity contribution is -0.0526. The highest BCUT2D eigenvalue weighted by Gasteiger charge is 2.24. The molecule has 1 aliphatic carbocycles. The molecule has 3 rings (SSSR count). The topological polar surface area (TPSA) is 24.5 Å². The van der Waals surface area contributed by atoms with Gasteiger partial charge in [0.2, 0.25) is 0 Å². The molecule has 2 heterocycles. The van der Waals surface area contributed by atoms with Gasteiger partial charge in [-0.15, -0.1) is 11.3 Å². The number of hydrogen-bond acceptors (Lipinski definition) is 4. The Morgan fingerprint density at radius 2 is 2.20 bits per heavy atom. The van der Waals surface area contributed by atoms with Gasteiger partial charge in [0.1, 0.15) is 0 Å². The Bertz CT molecular complexity index is 455. The minimum absolute atomic E-state index is 0.362. The van der Waals surface area contributed by atoms with Crippen LogP contribution in [0, 0.1) is 6.92 Å². The fourth-order valence-electron chi connectivity index (χ4n) is 2.78. The van der Waals surface area contributed by atoms with Crippen LogP contribution >= 0.6 is 11.3 Å². The number of morpholine rings is 1. The average Bonchev–Trinajstić information content (AvgIpc) is 3.17. The van der Waals surface area contributed by atoms with Crippen molar-refractivity contribution in [1.82, 2.24) is 10.2 Å². The van der Waals surface area contributed by atoms with Crippen LogP contribution in [0.2, 0.25) is 0 Å². The second kappa shape index (κ2) is 6.14. The number of hydrogen-bond donors (Lipinski definition) is 1. The van der Waals surface area contributed by atoms with Gasteiger partial charge in [0.05, 0.1) is 12.7 Å². The molecule has 4 heteroatoms. The minimum atomic E-state index is 0.362. The van der Waals surface area contributed by atoms with Crippen molar-refractivity contribution in [3.63, 3.8) is 0 Å². The predicted octanol–water partition coefficient (Wildman–Crippen LogP) is 2.92. The lowest BCUT2D eigenvalue weighted by Crippen LogP contribution is -2.46. The van der Waals surface area contributed by atoms with Crippen molar-refractivity contribution in [1.29, 1.82) is 0 Å². The Balaban J connectivity index is 1.60. The van der Waals surface area contributed by atoms with Crippen molar-refractivity contribution < 1.29 is 4.74 Å². The lowest BCUT2D eigenvalue weighted by atomic mass is 10.1. The van der Waals surface area contributed by atoms with Crippen molar-refractivity contribution in [2.24, 2.45) is 0 Å². The number of thiophene rings is 1. The van der Waals surface area contributed by atoms with Crippen LogP contribution in [0.1, 0.15) is 42.0 Å². The molecule has 0 bridgehead atoms. The Morgan fingerprint density at radius 3 is 2.95 bits per heavy atom. The van der Waals surface area contributed by atoms with Crippen molar-refractivity contribution in [3.05, 3.63) is 21.4 Å². The smallest absolute Gasteiger partial charge is 0.0674 e. The zero-order valence-electron chi connectivity index (χ0n) is 12.8. The molecule has 1 N–H and O–H groups in total. The molecule has 1 aromatic rings. The highest BCUT2D eigenvalue weighted by atomic mass is 32.1. The average molecular weight is 294 g/mol. The summed E-state index contributed by atoms with van der Waals surface area (Å²) >= 11 is 1.95. The SMILES string of the molecule is Cc1sc(CNC2CC2)cc1CN1CC(C)OCC1C. The summed E-state index contributed by atoms with van der Waals surface area (Å²) in [6.07, 6.45) is 3.09. The quantitative estimate of drug-likeness (QED) is 0.903. The first kappa shape index (κ1) is 14.5. The van der Waals surface area contributed by atoms with Crippen LogP contribution in [0.3, 0.4) is 0 Å². The molecule has 2 unspecified atom stereocenters. The van der Waals surface area contributed by atoms with Crippen molar-refractivity contribution in [2.75, 3.05) is 13.2 Å². The molecule has 1 aromatic heterocycles. The monoisotopic (exact) mass is 294 g/mol. The summed E-state index contributed by atoms with van der Waals surface area (Å²) in [5.41, 5.74) is 1.50. The fraction of sp³-hybridized carbons (Fsp3) is 0.750. The maximum absolute atomic E-state index is 5.72. The summed E-state index contributed by atoms with van der Waals surface area (Å²) in [6, 6.07) is 3.72. The molecule has 1 saturated heterocycles. The van der Waals surface area contributed by atoms with Crippen LogP contribution in [0.4, 0.5) is 0 Å². The number of nitrogens with one attached hydrogen (secondary N) is 1. The number of ether oxygens (including phenoxy) is 1. The maximum atomic E-state index is 5.72. The largest absolute Gasteiger partial charge is 0.376 e.